The number of rotatable bonds is 7. The van der Waals surface area contributed by atoms with Gasteiger partial charge >= 0.3 is 5.69 Å². The lowest BCUT2D eigenvalue weighted by Crippen LogP contribution is -2.31. The molecule has 0 saturated heterocycles. The summed E-state index contributed by atoms with van der Waals surface area (Å²) in [7, 11) is 1.57. The molecule has 0 bridgehead atoms. The first-order chi connectivity index (χ1) is 14.9. The zero-order chi connectivity index (χ0) is 22.0. The monoisotopic (exact) mass is 427 g/mol. The maximum Gasteiger partial charge on any atom is 0.329 e. The number of aromatic amines is 1. The Hall–Kier alpha value is -3.07. The molecule has 3 aromatic rings. The third-order valence-electron chi connectivity index (χ3n) is 5.86. The van der Waals surface area contributed by atoms with Gasteiger partial charge in [0.05, 0.1) is 6.54 Å². The normalized spacial score (nSPS) is 15.8. The maximum absolute atomic E-state index is 12.6. The van der Waals surface area contributed by atoms with Crippen LogP contribution in [0.4, 0.5) is 5.95 Å². The minimum Gasteiger partial charge on any atom is -0.491 e. The van der Waals surface area contributed by atoms with E-state index in [0.717, 1.165) is 31.2 Å². The van der Waals surface area contributed by atoms with Crippen molar-refractivity contribution in [3.8, 4) is 5.75 Å². The fourth-order valence-corrected chi connectivity index (χ4v) is 4.12. The number of nitrogens with one attached hydrogen (secondary N) is 2. The van der Waals surface area contributed by atoms with E-state index in [1.807, 2.05) is 31.2 Å². The molecule has 31 heavy (non-hydrogen) atoms. The fourth-order valence-electron chi connectivity index (χ4n) is 4.12. The van der Waals surface area contributed by atoms with E-state index in [9.17, 15) is 14.7 Å². The van der Waals surface area contributed by atoms with Gasteiger partial charge in [-0.2, -0.15) is 4.98 Å². The molecule has 1 aliphatic rings. The van der Waals surface area contributed by atoms with Gasteiger partial charge in [0, 0.05) is 13.1 Å². The zero-order valence-corrected chi connectivity index (χ0v) is 17.9. The molecule has 9 heteroatoms. The van der Waals surface area contributed by atoms with Gasteiger partial charge in [0.25, 0.3) is 5.56 Å². The molecular weight excluding hydrogens is 398 g/mol. The summed E-state index contributed by atoms with van der Waals surface area (Å²) in [5, 5.41) is 14.1. The van der Waals surface area contributed by atoms with E-state index in [4.69, 9.17) is 4.74 Å². The van der Waals surface area contributed by atoms with Gasteiger partial charge in [0.2, 0.25) is 5.95 Å². The molecular formula is C22H29N5O4. The van der Waals surface area contributed by atoms with Crippen molar-refractivity contribution in [1.29, 1.82) is 0 Å². The van der Waals surface area contributed by atoms with Gasteiger partial charge in [-0.3, -0.25) is 14.3 Å². The van der Waals surface area contributed by atoms with E-state index < -0.39 is 17.4 Å². The summed E-state index contributed by atoms with van der Waals surface area (Å²) in [5.74, 6) is 1.20. The van der Waals surface area contributed by atoms with Crippen molar-refractivity contribution in [2.75, 3.05) is 11.9 Å². The van der Waals surface area contributed by atoms with E-state index in [1.165, 1.54) is 11.0 Å². The van der Waals surface area contributed by atoms with E-state index in [2.05, 4.69) is 15.3 Å². The van der Waals surface area contributed by atoms with Crippen LogP contribution in [0.15, 0.2) is 33.9 Å². The molecule has 4 rings (SSSR count). The Balaban J connectivity index is 1.63. The lowest BCUT2D eigenvalue weighted by molar-refractivity contribution is 0.0934. The number of aromatic nitrogens is 4. The van der Waals surface area contributed by atoms with Crippen molar-refractivity contribution in [2.45, 2.75) is 57.7 Å². The molecule has 2 heterocycles. The molecule has 0 amide bonds. The predicted molar refractivity (Wildman–Crippen MR) is 119 cm³/mol. The zero-order valence-electron chi connectivity index (χ0n) is 17.9. The van der Waals surface area contributed by atoms with Crippen LogP contribution >= 0.6 is 0 Å². The number of hydrogen-bond acceptors (Lipinski definition) is 6. The summed E-state index contributed by atoms with van der Waals surface area (Å²) in [6, 6.07) is 7.85. The van der Waals surface area contributed by atoms with Gasteiger partial charge in [0.15, 0.2) is 11.2 Å². The van der Waals surface area contributed by atoms with Gasteiger partial charge in [-0.15, -0.1) is 0 Å². The molecule has 0 radical (unpaired) electrons. The van der Waals surface area contributed by atoms with E-state index in [-0.39, 0.29) is 24.7 Å². The quantitative estimate of drug-likeness (QED) is 0.531. The van der Waals surface area contributed by atoms with Crippen molar-refractivity contribution < 1.29 is 9.84 Å². The third kappa shape index (κ3) is 4.51. The van der Waals surface area contributed by atoms with Gasteiger partial charge in [-0.05, 0) is 31.4 Å². The van der Waals surface area contributed by atoms with Crippen LogP contribution in [0.3, 0.4) is 0 Å². The minimum absolute atomic E-state index is 0.0665. The van der Waals surface area contributed by atoms with Crippen LogP contribution in [-0.4, -0.2) is 43.0 Å². The highest BCUT2D eigenvalue weighted by Crippen LogP contribution is 2.24. The Bertz CT molecular complexity index is 1170. The van der Waals surface area contributed by atoms with Gasteiger partial charge in [-0.25, -0.2) is 4.79 Å². The molecule has 1 atom stereocenters. The summed E-state index contributed by atoms with van der Waals surface area (Å²) in [6.45, 7) is 2.12. The molecule has 1 saturated carbocycles. The molecule has 1 fully saturated rings. The van der Waals surface area contributed by atoms with Gasteiger partial charge < -0.3 is 19.7 Å². The average Bonchev–Trinajstić information content (AvgIpc) is 3.10. The number of para-hydroxylation sites is 1. The van der Waals surface area contributed by atoms with E-state index in [0.29, 0.717) is 17.3 Å². The molecule has 1 aromatic carbocycles. The number of imidazole rings is 1. The van der Waals surface area contributed by atoms with Crippen LogP contribution in [0.2, 0.25) is 0 Å². The van der Waals surface area contributed by atoms with Crippen LogP contribution in [-0.2, 0) is 13.6 Å². The SMILES string of the molecule is Cc1ccccc1OC[C@@H](O)Cn1c(NC2CCCCC2)nc2c1c(=O)[nH]c(=O)n2C. The Morgan fingerprint density at radius 1 is 1.26 bits per heavy atom. The van der Waals surface area contributed by atoms with E-state index in [1.54, 1.807) is 11.6 Å². The van der Waals surface area contributed by atoms with Gasteiger partial charge in [0.1, 0.15) is 18.5 Å². The smallest absolute Gasteiger partial charge is 0.329 e. The number of aliphatic hydroxyl groups is 1. The average molecular weight is 428 g/mol. The number of H-pyrrole nitrogens is 1. The number of aryl methyl sites for hydroxylation is 2. The second-order valence-electron chi connectivity index (χ2n) is 8.25. The van der Waals surface area contributed by atoms with E-state index >= 15 is 0 Å². The van der Waals surface area contributed by atoms with Crippen LogP contribution in [0.1, 0.15) is 37.7 Å². The number of ether oxygens (including phenoxy) is 1. The molecule has 0 unspecified atom stereocenters. The van der Waals surface area contributed by atoms with Crippen LogP contribution in [0, 0.1) is 6.92 Å². The lowest BCUT2D eigenvalue weighted by atomic mass is 9.96. The second kappa shape index (κ2) is 8.97. The first-order valence-electron chi connectivity index (χ1n) is 10.8. The summed E-state index contributed by atoms with van der Waals surface area (Å²) in [5.41, 5.74) is 0.493. The number of aliphatic hydroxyl groups excluding tert-OH is 1. The molecule has 166 valence electrons. The topological polar surface area (TPSA) is 114 Å². The molecule has 0 aliphatic heterocycles. The molecule has 9 nitrogen and oxygen atoms in total. The second-order valence-corrected chi connectivity index (χ2v) is 8.25. The molecule has 3 N–H and O–H groups in total. The number of benzene rings is 1. The molecule has 0 spiro atoms. The first kappa shape index (κ1) is 21.2. The highest BCUT2D eigenvalue weighted by atomic mass is 16.5. The standard InChI is InChI=1S/C22H29N5O4/c1-14-8-6-7-11-17(14)31-13-16(28)12-27-18-19(26(2)22(30)25-20(18)29)24-21(27)23-15-9-4-3-5-10-15/h6-8,11,15-16,28H,3-5,9-10,12-13H2,1-2H3,(H,23,24)(H,25,29,30)/t16-/m0/s1. The van der Waals surface area contributed by atoms with Crippen molar-refractivity contribution in [1.82, 2.24) is 19.1 Å². The van der Waals surface area contributed by atoms with Crippen molar-refractivity contribution in [2.24, 2.45) is 7.05 Å². The van der Waals surface area contributed by atoms with Crippen molar-refractivity contribution >= 4 is 17.1 Å². The van der Waals surface area contributed by atoms with Crippen LogP contribution in [0.5, 0.6) is 5.75 Å². The largest absolute Gasteiger partial charge is 0.491 e. The Labute approximate surface area is 179 Å². The number of anilines is 1. The van der Waals surface area contributed by atoms with Crippen LogP contribution in [0.25, 0.3) is 11.2 Å². The summed E-state index contributed by atoms with van der Waals surface area (Å²) >= 11 is 0. The van der Waals surface area contributed by atoms with Crippen molar-refractivity contribution in [3.63, 3.8) is 0 Å². The van der Waals surface area contributed by atoms with Gasteiger partial charge in [-0.1, -0.05) is 37.5 Å². The summed E-state index contributed by atoms with van der Waals surface area (Å²) in [4.78, 5) is 31.5. The minimum atomic E-state index is -0.874. The highest BCUT2D eigenvalue weighted by Gasteiger charge is 2.22. The Morgan fingerprint density at radius 2 is 2.00 bits per heavy atom. The van der Waals surface area contributed by atoms with Crippen LogP contribution < -0.4 is 21.3 Å². The number of fused-ring (bicyclic) bond motifs is 1. The predicted octanol–water partition coefficient (Wildman–Crippen LogP) is 1.92. The van der Waals surface area contributed by atoms with Crippen molar-refractivity contribution in [3.05, 3.63) is 50.7 Å². The number of nitrogens with zero attached hydrogens (tertiary/aromatic N) is 3. The Kier molecular flexibility index (Phi) is 6.13. The lowest BCUT2D eigenvalue weighted by Gasteiger charge is -2.24. The molecule has 1 aliphatic carbocycles. The number of hydrogen-bond donors (Lipinski definition) is 3. The summed E-state index contributed by atoms with van der Waals surface area (Å²) in [6.07, 6.45) is 4.68. The maximum atomic E-state index is 12.6. The summed E-state index contributed by atoms with van der Waals surface area (Å²) < 4.78 is 8.75. The highest BCUT2D eigenvalue weighted by molar-refractivity contribution is 5.74. The third-order valence-corrected chi connectivity index (χ3v) is 5.86. The first-order valence-corrected chi connectivity index (χ1v) is 10.8. The Morgan fingerprint density at radius 3 is 2.74 bits per heavy atom. The molecule has 2 aromatic heterocycles. The fraction of sp³-hybridized carbons (Fsp3) is 0.500.